The molecule has 1 rings (SSSR count). The quantitative estimate of drug-likeness (QED) is 0.454. The summed E-state index contributed by atoms with van der Waals surface area (Å²) in [6.45, 7) is 3.38. The van der Waals surface area contributed by atoms with Gasteiger partial charge < -0.3 is 0 Å². The molecule has 1 heterocycles. The summed E-state index contributed by atoms with van der Waals surface area (Å²) < 4.78 is 0. The fourth-order valence-electron chi connectivity index (χ4n) is 0.537. The first-order valence-electron chi connectivity index (χ1n) is 2.60. The number of amides is 1. The van der Waals surface area contributed by atoms with Crippen molar-refractivity contribution in [1.29, 1.82) is 0 Å². The molecule has 3 heteroatoms. The lowest BCUT2D eigenvalue weighted by Gasteiger charge is -2.01. The van der Waals surface area contributed by atoms with E-state index < -0.39 is 0 Å². The minimum atomic E-state index is -0.291. The monoisotopic (exact) mass is 122 g/mol. The van der Waals surface area contributed by atoms with Crippen molar-refractivity contribution in [2.45, 2.75) is 13.8 Å². The molecule has 0 unspecified atom stereocenters. The van der Waals surface area contributed by atoms with Crippen molar-refractivity contribution in [3.05, 3.63) is 11.9 Å². The van der Waals surface area contributed by atoms with Crippen molar-refractivity contribution < 1.29 is 4.79 Å². The van der Waals surface area contributed by atoms with Crippen molar-refractivity contribution in [3.8, 4) is 0 Å². The molecule has 3 nitrogen and oxygen atoms in total. The Morgan fingerprint density at radius 1 is 1.44 bits per heavy atom. The third-order valence-electron chi connectivity index (χ3n) is 0.964. The molecule has 1 aliphatic heterocycles. The molecule has 0 aromatic carbocycles. The molecule has 0 aromatic heterocycles. The Morgan fingerprint density at radius 2 is 2.11 bits per heavy atom. The molecule has 0 N–H and O–H groups in total. The van der Waals surface area contributed by atoms with Crippen LogP contribution in [-0.4, -0.2) is 11.6 Å². The molecule has 0 aromatic rings. The van der Waals surface area contributed by atoms with Crippen LogP contribution >= 0.6 is 0 Å². The summed E-state index contributed by atoms with van der Waals surface area (Å²) in [6.07, 6.45) is 2.47. The van der Waals surface area contributed by atoms with Crippen LogP contribution in [0.15, 0.2) is 10.7 Å². The zero-order chi connectivity index (χ0) is 6.85. The van der Waals surface area contributed by atoms with E-state index >= 15 is 0 Å². The minimum Gasteiger partial charge on any atom is -0.265 e. The van der Waals surface area contributed by atoms with E-state index in [2.05, 4.69) is 16.5 Å². The molecule has 46 valence electrons. The highest BCUT2D eigenvalue weighted by atomic mass is 16.1. The third kappa shape index (κ3) is 1.16. The number of aliphatic imine (C=N–C) groups is 1. The van der Waals surface area contributed by atoms with Gasteiger partial charge in [0.2, 0.25) is 0 Å². The minimum absolute atomic E-state index is 0.291. The molecular formula is C6H6N2O. The Balaban J connectivity index is 2.87. The van der Waals surface area contributed by atoms with Gasteiger partial charge in [0.05, 0.1) is 5.70 Å². The van der Waals surface area contributed by atoms with Crippen LogP contribution in [-0.2, 0) is 4.79 Å². The van der Waals surface area contributed by atoms with Gasteiger partial charge in [-0.15, -0.1) is 0 Å². The Morgan fingerprint density at radius 3 is 2.56 bits per heavy atom. The van der Waals surface area contributed by atoms with Crippen LogP contribution in [0.1, 0.15) is 13.8 Å². The predicted molar refractivity (Wildman–Crippen MR) is 32.7 cm³/mol. The SMILES string of the molecule is CC1=[C][N]C(=O)C(C)=N1. The van der Waals surface area contributed by atoms with Crippen LogP contribution in [0.25, 0.3) is 0 Å². The van der Waals surface area contributed by atoms with Gasteiger partial charge >= 0.3 is 0 Å². The van der Waals surface area contributed by atoms with E-state index in [1.165, 1.54) is 0 Å². The fraction of sp³-hybridized carbons (Fsp3) is 0.333. The largest absolute Gasteiger partial charge is 0.291 e. The van der Waals surface area contributed by atoms with E-state index in [4.69, 9.17) is 0 Å². The van der Waals surface area contributed by atoms with Crippen molar-refractivity contribution >= 4 is 11.6 Å². The first-order chi connectivity index (χ1) is 4.20. The van der Waals surface area contributed by atoms with Gasteiger partial charge in [0.25, 0.3) is 5.91 Å². The summed E-state index contributed by atoms with van der Waals surface area (Å²) in [4.78, 5) is 14.4. The predicted octanol–water partition coefficient (Wildman–Crippen LogP) is 0.256. The van der Waals surface area contributed by atoms with E-state index in [0.717, 1.165) is 0 Å². The second kappa shape index (κ2) is 2.01. The molecule has 0 atom stereocenters. The maximum absolute atomic E-state index is 10.6. The topological polar surface area (TPSA) is 43.5 Å². The molecular weight excluding hydrogens is 116 g/mol. The number of hydrogen-bond acceptors (Lipinski definition) is 2. The zero-order valence-corrected chi connectivity index (χ0v) is 5.30. The van der Waals surface area contributed by atoms with E-state index in [1.807, 2.05) is 0 Å². The van der Waals surface area contributed by atoms with Crippen LogP contribution < -0.4 is 5.32 Å². The molecule has 0 bridgehead atoms. The fourth-order valence-corrected chi connectivity index (χ4v) is 0.537. The van der Waals surface area contributed by atoms with Gasteiger partial charge in [-0.2, -0.15) is 0 Å². The summed E-state index contributed by atoms with van der Waals surface area (Å²) in [7, 11) is 0. The van der Waals surface area contributed by atoms with E-state index in [0.29, 0.717) is 11.4 Å². The van der Waals surface area contributed by atoms with Crippen LogP contribution in [0.5, 0.6) is 0 Å². The summed E-state index contributed by atoms with van der Waals surface area (Å²) >= 11 is 0. The van der Waals surface area contributed by atoms with Crippen molar-refractivity contribution in [2.24, 2.45) is 4.99 Å². The molecule has 0 fully saturated rings. The maximum Gasteiger partial charge on any atom is 0.291 e. The number of allylic oxidation sites excluding steroid dienone is 1. The smallest absolute Gasteiger partial charge is 0.265 e. The lowest BCUT2D eigenvalue weighted by molar-refractivity contribution is -0.114. The van der Waals surface area contributed by atoms with Gasteiger partial charge in [-0.1, -0.05) is 0 Å². The summed E-state index contributed by atoms with van der Waals surface area (Å²) in [5.41, 5.74) is 1.10. The highest BCUT2D eigenvalue weighted by Gasteiger charge is 2.10. The Labute approximate surface area is 53.5 Å². The summed E-state index contributed by atoms with van der Waals surface area (Å²) in [6, 6.07) is 0. The molecule has 2 radical (unpaired) electrons. The summed E-state index contributed by atoms with van der Waals surface area (Å²) in [5, 5.41) is 3.44. The van der Waals surface area contributed by atoms with Crippen LogP contribution in [0.2, 0.25) is 0 Å². The van der Waals surface area contributed by atoms with Crippen molar-refractivity contribution in [2.75, 3.05) is 0 Å². The normalized spacial score (nSPS) is 18.2. The second-order valence-corrected chi connectivity index (χ2v) is 1.81. The number of carbonyl (C=O) groups is 1. The van der Waals surface area contributed by atoms with Gasteiger partial charge in [-0.05, 0) is 13.8 Å². The number of hydrogen-bond donors (Lipinski definition) is 0. The highest BCUT2D eigenvalue weighted by Crippen LogP contribution is 1.98. The Bertz CT molecular complexity index is 203. The Kier molecular flexibility index (Phi) is 1.34. The van der Waals surface area contributed by atoms with Crippen molar-refractivity contribution in [3.63, 3.8) is 0 Å². The van der Waals surface area contributed by atoms with Gasteiger partial charge in [0, 0.05) is 0 Å². The zero-order valence-electron chi connectivity index (χ0n) is 5.30. The number of carbonyl (C=O) groups excluding carboxylic acids is 1. The molecule has 0 spiro atoms. The highest BCUT2D eigenvalue weighted by molar-refractivity contribution is 6.38. The average Bonchev–Trinajstić information content (AvgIpc) is 1.80. The van der Waals surface area contributed by atoms with Gasteiger partial charge in [0.1, 0.15) is 11.9 Å². The van der Waals surface area contributed by atoms with Crippen LogP contribution in [0.4, 0.5) is 0 Å². The molecule has 0 saturated heterocycles. The summed E-state index contributed by atoms with van der Waals surface area (Å²) in [5.74, 6) is -0.291. The van der Waals surface area contributed by atoms with Crippen LogP contribution in [0.3, 0.4) is 0 Å². The van der Waals surface area contributed by atoms with Gasteiger partial charge in [-0.25, -0.2) is 5.32 Å². The van der Waals surface area contributed by atoms with E-state index in [1.54, 1.807) is 13.8 Å². The van der Waals surface area contributed by atoms with E-state index in [-0.39, 0.29) is 5.91 Å². The van der Waals surface area contributed by atoms with Gasteiger partial charge in [-0.3, -0.25) is 9.79 Å². The average molecular weight is 122 g/mol. The van der Waals surface area contributed by atoms with E-state index in [9.17, 15) is 4.79 Å². The number of rotatable bonds is 0. The molecule has 1 amide bonds. The molecule has 9 heavy (non-hydrogen) atoms. The first-order valence-corrected chi connectivity index (χ1v) is 2.60. The lowest BCUT2D eigenvalue weighted by atomic mass is 10.3. The van der Waals surface area contributed by atoms with Gasteiger partial charge in [0.15, 0.2) is 0 Å². The lowest BCUT2D eigenvalue weighted by Crippen LogP contribution is -2.22. The maximum atomic E-state index is 10.6. The van der Waals surface area contributed by atoms with Crippen molar-refractivity contribution in [1.82, 2.24) is 5.32 Å². The van der Waals surface area contributed by atoms with Crippen LogP contribution in [0, 0.1) is 6.20 Å². The Hall–Kier alpha value is -1.12. The second-order valence-electron chi connectivity index (χ2n) is 1.81. The standard InChI is InChI=1S/C6H6N2O/c1-4-3-7-6(9)5(2)8-4/h1-2H3. The first kappa shape index (κ1) is 6.01. The number of nitrogens with zero attached hydrogens (tertiary/aromatic N) is 2. The molecule has 0 aliphatic carbocycles. The molecule has 1 aliphatic rings. The third-order valence-corrected chi connectivity index (χ3v) is 0.964. The molecule has 0 saturated carbocycles.